The van der Waals surface area contributed by atoms with Gasteiger partial charge in [-0.1, -0.05) is 158 Å². The molecule has 10 aromatic rings. The van der Waals surface area contributed by atoms with Gasteiger partial charge in [-0.3, -0.25) is 0 Å². The first-order valence-electron chi connectivity index (χ1n) is 17.1. The average molecular weight is 652 g/mol. The zero-order valence-corrected chi connectivity index (χ0v) is 27.5. The molecule has 4 heteroatoms. The summed E-state index contributed by atoms with van der Waals surface area (Å²) in [6.07, 6.45) is 0. The zero-order valence-electron chi connectivity index (χ0n) is 27.5. The molecule has 0 aliphatic rings. The molecule has 2 aromatic heterocycles. The van der Waals surface area contributed by atoms with Crippen LogP contribution in [-0.4, -0.2) is 15.0 Å². The Labute approximate surface area is 294 Å². The van der Waals surface area contributed by atoms with Crippen LogP contribution in [0.15, 0.2) is 180 Å². The van der Waals surface area contributed by atoms with Crippen LogP contribution in [0.5, 0.6) is 0 Å². The van der Waals surface area contributed by atoms with E-state index in [0.29, 0.717) is 17.5 Å². The van der Waals surface area contributed by atoms with Gasteiger partial charge < -0.3 is 4.42 Å². The van der Waals surface area contributed by atoms with E-state index in [2.05, 4.69) is 164 Å². The minimum Gasteiger partial charge on any atom is -0.456 e. The zero-order chi connectivity index (χ0) is 33.7. The molecule has 0 aliphatic carbocycles. The molecule has 0 N–H and O–H groups in total. The third kappa shape index (κ3) is 5.04. The molecule has 0 saturated heterocycles. The van der Waals surface area contributed by atoms with Crippen molar-refractivity contribution in [3.63, 3.8) is 0 Å². The molecule has 4 nitrogen and oxygen atoms in total. The molecular formula is C47H29N3O. The number of hydrogen-bond acceptors (Lipinski definition) is 4. The molecule has 0 unspecified atom stereocenters. The molecule has 0 aliphatic heterocycles. The van der Waals surface area contributed by atoms with Crippen molar-refractivity contribution >= 4 is 43.5 Å². The molecular weight excluding hydrogens is 623 g/mol. The molecule has 2 heterocycles. The summed E-state index contributed by atoms with van der Waals surface area (Å²) >= 11 is 0. The Morgan fingerprint density at radius 3 is 1.63 bits per heavy atom. The molecule has 0 amide bonds. The second-order valence-corrected chi connectivity index (χ2v) is 12.8. The molecule has 0 atom stereocenters. The van der Waals surface area contributed by atoms with Gasteiger partial charge in [-0.25, -0.2) is 15.0 Å². The second-order valence-electron chi connectivity index (χ2n) is 12.8. The Bertz CT molecular complexity index is 2890. The third-order valence-electron chi connectivity index (χ3n) is 9.74. The lowest BCUT2D eigenvalue weighted by Crippen LogP contribution is -2.01. The van der Waals surface area contributed by atoms with Crippen molar-refractivity contribution in [2.45, 2.75) is 0 Å². The first-order valence-corrected chi connectivity index (χ1v) is 17.1. The summed E-state index contributed by atoms with van der Waals surface area (Å²) in [6, 6.07) is 61.0. The van der Waals surface area contributed by atoms with Crippen molar-refractivity contribution in [1.29, 1.82) is 0 Å². The highest BCUT2D eigenvalue weighted by molar-refractivity contribution is 6.22. The van der Waals surface area contributed by atoms with Crippen LogP contribution in [0.3, 0.4) is 0 Å². The summed E-state index contributed by atoms with van der Waals surface area (Å²) < 4.78 is 6.59. The Kier molecular flexibility index (Phi) is 6.78. The maximum Gasteiger partial charge on any atom is 0.164 e. The fraction of sp³-hybridized carbons (Fsp3) is 0. The number of benzene rings is 8. The Balaban J connectivity index is 1.20. The Morgan fingerprint density at radius 2 is 0.863 bits per heavy atom. The molecule has 0 saturated carbocycles. The number of fused-ring (bicyclic) bond motifs is 6. The highest BCUT2D eigenvalue weighted by atomic mass is 16.3. The van der Waals surface area contributed by atoms with Crippen LogP contribution in [0.25, 0.3) is 99.9 Å². The van der Waals surface area contributed by atoms with Crippen molar-refractivity contribution in [3.8, 4) is 56.4 Å². The van der Waals surface area contributed by atoms with Gasteiger partial charge in [0.15, 0.2) is 17.5 Å². The topological polar surface area (TPSA) is 51.8 Å². The van der Waals surface area contributed by atoms with Gasteiger partial charge in [-0.2, -0.15) is 0 Å². The van der Waals surface area contributed by atoms with Crippen molar-refractivity contribution in [1.82, 2.24) is 15.0 Å². The van der Waals surface area contributed by atoms with E-state index in [1.807, 2.05) is 12.1 Å². The molecule has 0 bridgehead atoms. The number of furan rings is 1. The highest BCUT2D eigenvalue weighted by Crippen LogP contribution is 2.41. The van der Waals surface area contributed by atoms with Gasteiger partial charge >= 0.3 is 0 Å². The van der Waals surface area contributed by atoms with Crippen LogP contribution in [0, 0.1) is 0 Å². The summed E-state index contributed by atoms with van der Waals surface area (Å²) in [5, 5.41) is 6.54. The van der Waals surface area contributed by atoms with Gasteiger partial charge in [0.05, 0.1) is 0 Å². The lowest BCUT2D eigenvalue weighted by Gasteiger charge is -2.12. The van der Waals surface area contributed by atoms with E-state index in [-0.39, 0.29) is 0 Å². The van der Waals surface area contributed by atoms with Gasteiger partial charge in [-0.05, 0) is 62.0 Å². The summed E-state index contributed by atoms with van der Waals surface area (Å²) in [4.78, 5) is 15.5. The van der Waals surface area contributed by atoms with E-state index in [1.54, 1.807) is 0 Å². The normalized spacial score (nSPS) is 11.5. The minimum absolute atomic E-state index is 0.596. The summed E-state index contributed by atoms with van der Waals surface area (Å²) in [5.74, 6) is 1.84. The van der Waals surface area contributed by atoms with Crippen LogP contribution in [0.2, 0.25) is 0 Å². The molecule has 8 aromatic carbocycles. The first kappa shape index (κ1) is 29.0. The van der Waals surface area contributed by atoms with E-state index >= 15 is 0 Å². The van der Waals surface area contributed by atoms with Crippen molar-refractivity contribution in [2.24, 2.45) is 0 Å². The fourth-order valence-corrected chi connectivity index (χ4v) is 7.24. The smallest absolute Gasteiger partial charge is 0.164 e. The number of rotatable bonds is 5. The van der Waals surface area contributed by atoms with Gasteiger partial charge in [0, 0.05) is 27.5 Å². The number of aromatic nitrogens is 3. The van der Waals surface area contributed by atoms with Crippen LogP contribution in [-0.2, 0) is 0 Å². The molecule has 0 radical (unpaired) electrons. The van der Waals surface area contributed by atoms with Crippen LogP contribution >= 0.6 is 0 Å². The lowest BCUT2D eigenvalue weighted by molar-refractivity contribution is 0.669. The van der Waals surface area contributed by atoms with E-state index in [4.69, 9.17) is 19.4 Å². The fourth-order valence-electron chi connectivity index (χ4n) is 7.24. The van der Waals surface area contributed by atoms with Gasteiger partial charge in [0.1, 0.15) is 11.2 Å². The molecule has 0 spiro atoms. The van der Waals surface area contributed by atoms with E-state index in [9.17, 15) is 0 Å². The molecule has 238 valence electrons. The summed E-state index contributed by atoms with van der Waals surface area (Å²) in [5.41, 5.74) is 9.04. The van der Waals surface area contributed by atoms with Crippen molar-refractivity contribution in [3.05, 3.63) is 176 Å². The van der Waals surface area contributed by atoms with Gasteiger partial charge in [0.25, 0.3) is 0 Å². The number of hydrogen-bond donors (Lipinski definition) is 0. The molecule has 10 rings (SSSR count). The van der Waals surface area contributed by atoms with Crippen molar-refractivity contribution < 1.29 is 4.42 Å². The van der Waals surface area contributed by atoms with E-state index in [0.717, 1.165) is 71.3 Å². The highest BCUT2D eigenvalue weighted by Gasteiger charge is 2.20. The van der Waals surface area contributed by atoms with E-state index in [1.165, 1.54) is 11.1 Å². The molecule has 0 fully saturated rings. The third-order valence-corrected chi connectivity index (χ3v) is 9.74. The molecule has 51 heavy (non-hydrogen) atoms. The predicted octanol–water partition coefficient (Wildman–Crippen LogP) is 12.4. The summed E-state index contributed by atoms with van der Waals surface area (Å²) in [7, 11) is 0. The van der Waals surface area contributed by atoms with Crippen molar-refractivity contribution in [2.75, 3.05) is 0 Å². The predicted molar refractivity (Wildman–Crippen MR) is 209 cm³/mol. The average Bonchev–Trinajstić information content (AvgIpc) is 3.59. The largest absolute Gasteiger partial charge is 0.456 e. The second kappa shape index (κ2) is 11.9. The SMILES string of the molecule is c1ccc(-c2ccc(-c3nc(-c4cccc5ccccc45)nc(-c4cc5oc6ccc(-c7ccccc7)cc6c5c5ccccc45)n3)cc2)cc1. The van der Waals surface area contributed by atoms with Crippen LogP contribution in [0.4, 0.5) is 0 Å². The standard InChI is InChI=1S/C47H29N3O/c1-3-12-30(13-4-1)32-22-24-34(25-23-32)45-48-46(39-21-11-17-33-16-7-8-18-36(33)39)50-47(49-45)40-29-43-44(38-20-10-9-19-37(38)40)41-28-35(26-27-42(41)51-43)31-14-5-2-6-15-31/h1-29H. The van der Waals surface area contributed by atoms with Crippen LogP contribution in [0.1, 0.15) is 0 Å². The van der Waals surface area contributed by atoms with Gasteiger partial charge in [-0.15, -0.1) is 0 Å². The van der Waals surface area contributed by atoms with Gasteiger partial charge in [0.2, 0.25) is 0 Å². The van der Waals surface area contributed by atoms with Crippen LogP contribution < -0.4 is 0 Å². The first-order chi connectivity index (χ1) is 25.3. The quantitative estimate of drug-likeness (QED) is 0.186. The lowest BCUT2D eigenvalue weighted by atomic mass is 9.97. The van der Waals surface area contributed by atoms with E-state index < -0.39 is 0 Å². The Hall–Kier alpha value is -6.91. The maximum absolute atomic E-state index is 6.59. The Morgan fingerprint density at radius 1 is 0.314 bits per heavy atom. The minimum atomic E-state index is 0.596. The number of nitrogens with zero attached hydrogens (tertiary/aromatic N) is 3. The maximum atomic E-state index is 6.59. The monoisotopic (exact) mass is 651 g/mol. The summed E-state index contributed by atoms with van der Waals surface area (Å²) in [6.45, 7) is 0.